The maximum absolute atomic E-state index is 14.6. The van der Waals surface area contributed by atoms with E-state index in [0.29, 0.717) is 5.56 Å². The Kier molecular flexibility index (Phi) is 8.87. The number of methoxy groups -OCH3 is 1. The highest BCUT2D eigenvalue weighted by Crippen LogP contribution is 2.48. The Hall–Kier alpha value is -3.29. The number of rotatable bonds is 10. The fraction of sp³-hybridized carbons (Fsp3) is 0.379. The lowest BCUT2D eigenvalue weighted by molar-refractivity contribution is -0.270. The standard InChI is InChI=1S/C29H29ClF4N2O6/c1-15(37)41-13-18-5-4-16(11-23(18)40-3)22(38)8-9-28(39,29(32,33)34)24-12-19-26(42-14-27(19,2)35)25(36-24)17-6-7-20(30)21(31)10-17/h4-7,10-12,15,37,39H,8-9,13-14,35H2,1-3H3/t15-,27?,28?/m0/s1. The largest absolute Gasteiger partial charge is 0.496 e. The summed E-state index contributed by atoms with van der Waals surface area (Å²) in [5.41, 5.74) is 1.21. The second-order valence-corrected chi connectivity index (χ2v) is 10.7. The first-order valence-electron chi connectivity index (χ1n) is 12.8. The highest BCUT2D eigenvalue weighted by Gasteiger charge is 2.56. The number of aromatic nitrogens is 1. The monoisotopic (exact) mass is 612 g/mol. The predicted molar refractivity (Wildman–Crippen MR) is 145 cm³/mol. The van der Waals surface area contributed by atoms with E-state index in [9.17, 15) is 32.6 Å². The van der Waals surface area contributed by atoms with Crippen LogP contribution in [0.25, 0.3) is 11.3 Å². The molecule has 2 heterocycles. The van der Waals surface area contributed by atoms with Gasteiger partial charge in [0.25, 0.3) is 0 Å². The molecule has 1 aliphatic rings. The molecule has 13 heteroatoms. The number of benzene rings is 2. The number of carbonyl (C=O) groups is 1. The van der Waals surface area contributed by atoms with Crippen molar-refractivity contribution in [2.24, 2.45) is 5.73 Å². The molecule has 226 valence electrons. The average molecular weight is 613 g/mol. The van der Waals surface area contributed by atoms with Gasteiger partial charge >= 0.3 is 6.18 Å². The third kappa shape index (κ3) is 6.23. The Labute approximate surface area is 244 Å². The predicted octanol–water partition coefficient (Wildman–Crippen LogP) is 5.38. The molecular formula is C29H29ClF4N2O6. The van der Waals surface area contributed by atoms with Crippen LogP contribution in [0.5, 0.6) is 11.5 Å². The van der Waals surface area contributed by atoms with E-state index in [-0.39, 0.29) is 52.1 Å². The van der Waals surface area contributed by atoms with E-state index in [2.05, 4.69) is 4.98 Å². The van der Waals surface area contributed by atoms with Crippen LogP contribution in [-0.2, 0) is 22.5 Å². The molecule has 0 spiro atoms. The molecule has 1 aromatic heterocycles. The summed E-state index contributed by atoms with van der Waals surface area (Å²) >= 11 is 5.78. The number of ketones is 1. The molecule has 2 unspecified atom stereocenters. The molecule has 1 aliphatic heterocycles. The van der Waals surface area contributed by atoms with Crippen LogP contribution in [0.15, 0.2) is 42.5 Å². The Morgan fingerprint density at radius 1 is 1.24 bits per heavy atom. The van der Waals surface area contributed by atoms with E-state index in [1.54, 1.807) is 0 Å². The molecule has 0 saturated heterocycles. The Balaban J connectivity index is 1.72. The van der Waals surface area contributed by atoms with Crippen LogP contribution in [-0.4, -0.2) is 47.2 Å². The van der Waals surface area contributed by atoms with Crippen molar-refractivity contribution in [3.05, 3.63) is 75.7 Å². The zero-order valence-corrected chi connectivity index (χ0v) is 23.6. The number of halogens is 5. The summed E-state index contributed by atoms with van der Waals surface area (Å²) in [4.78, 5) is 17.1. The van der Waals surface area contributed by atoms with Crippen molar-refractivity contribution in [2.45, 2.75) is 56.9 Å². The quantitative estimate of drug-likeness (QED) is 0.158. The average Bonchev–Trinajstić information content (AvgIpc) is 3.24. The summed E-state index contributed by atoms with van der Waals surface area (Å²) in [6.07, 6.45) is -8.11. The first-order valence-corrected chi connectivity index (χ1v) is 13.2. The Morgan fingerprint density at radius 3 is 2.57 bits per heavy atom. The molecule has 8 nitrogen and oxygen atoms in total. The number of alkyl halides is 3. The maximum atomic E-state index is 14.6. The SMILES string of the molecule is COc1cc(C(=O)CCC(O)(c2cc3c(c(-c4ccc(Cl)c(F)c4)n2)OCC3(C)N)C(F)(F)F)ccc1CO[C@@H](C)O. The maximum Gasteiger partial charge on any atom is 0.422 e. The van der Waals surface area contributed by atoms with Gasteiger partial charge in [0.2, 0.25) is 5.60 Å². The molecule has 42 heavy (non-hydrogen) atoms. The van der Waals surface area contributed by atoms with Crippen molar-refractivity contribution < 1.29 is 46.8 Å². The number of hydrogen-bond donors (Lipinski definition) is 3. The number of fused-ring (bicyclic) bond motifs is 1. The first kappa shape index (κ1) is 31.6. The van der Waals surface area contributed by atoms with E-state index in [1.165, 1.54) is 51.3 Å². The van der Waals surface area contributed by atoms with Crippen molar-refractivity contribution in [1.82, 2.24) is 4.98 Å². The van der Waals surface area contributed by atoms with Crippen LogP contribution in [0.2, 0.25) is 5.02 Å². The number of aliphatic hydroxyl groups excluding tert-OH is 1. The fourth-order valence-corrected chi connectivity index (χ4v) is 4.67. The number of ether oxygens (including phenoxy) is 3. The number of carbonyl (C=O) groups excluding carboxylic acids is 1. The summed E-state index contributed by atoms with van der Waals surface area (Å²) in [7, 11) is 1.34. The van der Waals surface area contributed by atoms with Crippen LogP contribution in [0.3, 0.4) is 0 Å². The summed E-state index contributed by atoms with van der Waals surface area (Å²) in [6.45, 7) is 2.82. The van der Waals surface area contributed by atoms with Gasteiger partial charge in [-0.15, -0.1) is 0 Å². The second kappa shape index (κ2) is 11.8. The van der Waals surface area contributed by atoms with Crippen LogP contribution in [0.1, 0.15) is 53.9 Å². The van der Waals surface area contributed by atoms with E-state index in [4.69, 9.17) is 31.5 Å². The van der Waals surface area contributed by atoms with Gasteiger partial charge in [-0.2, -0.15) is 13.2 Å². The lowest BCUT2D eigenvalue weighted by Crippen LogP contribution is -2.44. The van der Waals surface area contributed by atoms with Crippen LogP contribution >= 0.6 is 11.6 Å². The molecule has 4 rings (SSSR count). The fourth-order valence-electron chi connectivity index (χ4n) is 4.56. The van der Waals surface area contributed by atoms with Gasteiger partial charge < -0.3 is 30.2 Å². The minimum Gasteiger partial charge on any atom is -0.496 e. The van der Waals surface area contributed by atoms with E-state index < -0.39 is 53.7 Å². The van der Waals surface area contributed by atoms with Gasteiger partial charge in [0, 0.05) is 28.7 Å². The second-order valence-electron chi connectivity index (χ2n) is 10.3. The minimum atomic E-state index is -5.26. The van der Waals surface area contributed by atoms with Crippen LogP contribution in [0, 0.1) is 5.82 Å². The van der Waals surface area contributed by atoms with Crippen molar-refractivity contribution in [1.29, 1.82) is 0 Å². The molecular weight excluding hydrogens is 584 g/mol. The Morgan fingerprint density at radius 2 is 1.95 bits per heavy atom. The number of hydrogen-bond acceptors (Lipinski definition) is 8. The molecule has 3 aromatic rings. The minimum absolute atomic E-state index is 0.0310. The lowest BCUT2D eigenvalue weighted by Gasteiger charge is -2.31. The highest BCUT2D eigenvalue weighted by molar-refractivity contribution is 6.30. The molecule has 0 aliphatic carbocycles. The molecule has 0 amide bonds. The third-order valence-corrected chi connectivity index (χ3v) is 7.30. The lowest BCUT2D eigenvalue weighted by atomic mass is 9.86. The van der Waals surface area contributed by atoms with Crippen molar-refractivity contribution in [3.8, 4) is 22.8 Å². The number of nitrogens with two attached hydrogens (primary N) is 1. The van der Waals surface area contributed by atoms with Gasteiger partial charge in [-0.05, 0) is 44.5 Å². The number of aliphatic hydroxyl groups is 2. The molecule has 2 aromatic carbocycles. The molecule has 3 atom stereocenters. The highest BCUT2D eigenvalue weighted by atomic mass is 35.5. The van der Waals surface area contributed by atoms with E-state index in [0.717, 1.165) is 12.1 Å². The number of pyridine rings is 1. The Bertz CT molecular complexity index is 1500. The van der Waals surface area contributed by atoms with Gasteiger partial charge in [0.15, 0.2) is 17.8 Å². The van der Waals surface area contributed by atoms with E-state index in [1.807, 2.05) is 0 Å². The third-order valence-electron chi connectivity index (χ3n) is 6.99. The molecule has 0 saturated carbocycles. The van der Waals surface area contributed by atoms with Crippen LogP contribution < -0.4 is 15.2 Å². The molecule has 0 bridgehead atoms. The first-order chi connectivity index (χ1) is 19.6. The van der Waals surface area contributed by atoms with Gasteiger partial charge in [-0.25, -0.2) is 9.37 Å². The molecule has 0 radical (unpaired) electrons. The zero-order valence-electron chi connectivity index (χ0n) is 22.9. The van der Waals surface area contributed by atoms with Crippen LogP contribution in [0.4, 0.5) is 17.6 Å². The summed E-state index contributed by atoms with van der Waals surface area (Å²) in [6, 6.07) is 8.79. The number of Topliss-reactive ketones (excluding diaryl/α,β-unsaturated/α-hetero) is 1. The smallest absolute Gasteiger partial charge is 0.422 e. The van der Waals surface area contributed by atoms with Gasteiger partial charge in [0.05, 0.1) is 30.0 Å². The van der Waals surface area contributed by atoms with Crippen molar-refractivity contribution in [2.75, 3.05) is 13.7 Å². The molecule has 4 N–H and O–H groups in total. The zero-order chi connectivity index (χ0) is 31.0. The normalized spacial score (nSPS) is 18.6. The summed E-state index contributed by atoms with van der Waals surface area (Å²) in [5.74, 6) is -1.25. The van der Waals surface area contributed by atoms with Crippen molar-refractivity contribution in [3.63, 3.8) is 0 Å². The van der Waals surface area contributed by atoms with Crippen molar-refractivity contribution >= 4 is 17.4 Å². The summed E-state index contributed by atoms with van der Waals surface area (Å²) in [5, 5.41) is 20.3. The van der Waals surface area contributed by atoms with E-state index >= 15 is 0 Å². The van der Waals surface area contributed by atoms with Gasteiger partial charge in [0.1, 0.15) is 23.9 Å². The molecule has 0 fully saturated rings. The van der Waals surface area contributed by atoms with Gasteiger partial charge in [-0.3, -0.25) is 4.79 Å². The van der Waals surface area contributed by atoms with Gasteiger partial charge in [-0.1, -0.05) is 29.8 Å². The number of nitrogens with zero attached hydrogens (tertiary/aromatic N) is 1. The topological polar surface area (TPSA) is 124 Å². The summed E-state index contributed by atoms with van der Waals surface area (Å²) < 4.78 is 74.0.